The van der Waals surface area contributed by atoms with Crippen LogP contribution in [0.3, 0.4) is 0 Å². The van der Waals surface area contributed by atoms with Crippen LogP contribution in [0.5, 0.6) is 5.75 Å². The average molecular weight is 223 g/mol. The average Bonchev–Trinajstić information content (AvgIpc) is 2.16. The van der Waals surface area contributed by atoms with Gasteiger partial charge in [-0.1, -0.05) is 0 Å². The third-order valence-corrected chi connectivity index (χ3v) is 1.89. The molecule has 0 aliphatic heterocycles. The Labute approximate surface area is 84.8 Å². The van der Waals surface area contributed by atoms with Gasteiger partial charge in [-0.05, 0) is 23.8 Å². The fourth-order valence-corrected chi connectivity index (χ4v) is 1.22. The highest BCUT2D eigenvalue weighted by molar-refractivity contribution is 6.17. The first-order chi connectivity index (χ1) is 6.67. The van der Waals surface area contributed by atoms with Gasteiger partial charge >= 0.3 is 6.61 Å². The van der Waals surface area contributed by atoms with Crippen molar-refractivity contribution in [3.8, 4) is 5.75 Å². The van der Waals surface area contributed by atoms with Crippen LogP contribution in [-0.4, -0.2) is 6.61 Å². The van der Waals surface area contributed by atoms with Gasteiger partial charge in [0.05, 0.1) is 5.69 Å². The summed E-state index contributed by atoms with van der Waals surface area (Å²) in [7, 11) is 0. The zero-order valence-corrected chi connectivity index (χ0v) is 7.89. The van der Waals surface area contributed by atoms with Crippen molar-refractivity contribution in [2.45, 2.75) is 12.5 Å². The topological polar surface area (TPSA) is 47.3 Å². The van der Waals surface area contributed by atoms with Gasteiger partial charge in [-0.2, -0.15) is 8.78 Å². The van der Waals surface area contributed by atoms with Crippen molar-refractivity contribution in [2.75, 3.05) is 5.43 Å². The summed E-state index contributed by atoms with van der Waals surface area (Å²) in [5.74, 6) is 5.41. The molecule has 3 nitrogen and oxygen atoms in total. The van der Waals surface area contributed by atoms with Gasteiger partial charge in [0.2, 0.25) is 0 Å². The molecule has 0 aromatic heterocycles. The van der Waals surface area contributed by atoms with Crippen LogP contribution in [0.25, 0.3) is 0 Å². The lowest BCUT2D eigenvalue weighted by Gasteiger charge is -2.09. The molecular weight excluding hydrogens is 214 g/mol. The van der Waals surface area contributed by atoms with E-state index < -0.39 is 6.61 Å². The van der Waals surface area contributed by atoms with E-state index in [9.17, 15) is 8.78 Å². The summed E-state index contributed by atoms with van der Waals surface area (Å²) in [5.41, 5.74) is 3.59. The minimum Gasteiger partial charge on any atom is -0.435 e. The van der Waals surface area contributed by atoms with Crippen LogP contribution in [0.2, 0.25) is 0 Å². The van der Waals surface area contributed by atoms with Crippen LogP contribution in [0.4, 0.5) is 14.5 Å². The Morgan fingerprint density at radius 3 is 2.71 bits per heavy atom. The molecule has 0 atom stereocenters. The highest BCUT2D eigenvalue weighted by Crippen LogP contribution is 2.24. The molecule has 0 unspecified atom stereocenters. The van der Waals surface area contributed by atoms with Gasteiger partial charge in [0.15, 0.2) is 0 Å². The maximum atomic E-state index is 11.8. The number of halogens is 3. The molecule has 0 saturated carbocycles. The van der Waals surface area contributed by atoms with Crippen molar-refractivity contribution < 1.29 is 13.5 Å². The Kier molecular flexibility index (Phi) is 3.91. The molecule has 6 heteroatoms. The van der Waals surface area contributed by atoms with E-state index >= 15 is 0 Å². The Morgan fingerprint density at radius 2 is 2.21 bits per heavy atom. The van der Waals surface area contributed by atoms with Gasteiger partial charge in [0, 0.05) is 5.88 Å². The molecule has 0 aliphatic carbocycles. The van der Waals surface area contributed by atoms with Gasteiger partial charge in [-0.15, -0.1) is 11.6 Å². The molecule has 0 aliphatic rings. The lowest BCUT2D eigenvalue weighted by molar-refractivity contribution is -0.0498. The fourth-order valence-electron chi connectivity index (χ4n) is 0.998. The molecule has 0 heterocycles. The van der Waals surface area contributed by atoms with Crippen molar-refractivity contribution in [1.29, 1.82) is 0 Å². The zero-order valence-electron chi connectivity index (χ0n) is 7.14. The normalized spacial score (nSPS) is 10.4. The van der Waals surface area contributed by atoms with Gasteiger partial charge < -0.3 is 10.2 Å². The Hall–Kier alpha value is -1.07. The molecule has 0 spiro atoms. The van der Waals surface area contributed by atoms with Crippen molar-refractivity contribution in [3.05, 3.63) is 23.8 Å². The highest BCUT2D eigenvalue weighted by Gasteiger charge is 2.07. The SMILES string of the molecule is NNc1ccc(OC(F)F)cc1CCl. The summed E-state index contributed by atoms with van der Waals surface area (Å²) in [5, 5.41) is 0. The Balaban J connectivity index is 2.89. The quantitative estimate of drug-likeness (QED) is 0.467. The number of benzene rings is 1. The summed E-state index contributed by atoms with van der Waals surface area (Å²) >= 11 is 5.58. The summed E-state index contributed by atoms with van der Waals surface area (Å²) in [6.07, 6.45) is 0. The number of hydrazine groups is 1. The lowest BCUT2D eigenvalue weighted by atomic mass is 10.2. The van der Waals surface area contributed by atoms with Gasteiger partial charge in [-0.25, -0.2) is 0 Å². The number of ether oxygens (including phenoxy) is 1. The van der Waals surface area contributed by atoms with E-state index in [1.807, 2.05) is 0 Å². The number of rotatable bonds is 4. The second-order valence-corrected chi connectivity index (χ2v) is 2.74. The zero-order chi connectivity index (χ0) is 10.6. The molecule has 0 amide bonds. The summed E-state index contributed by atoms with van der Waals surface area (Å²) in [4.78, 5) is 0. The summed E-state index contributed by atoms with van der Waals surface area (Å²) in [6, 6.07) is 4.32. The first-order valence-corrected chi connectivity index (χ1v) is 4.31. The van der Waals surface area contributed by atoms with Crippen LogP contribution < -0.4 is 16.0 Å². The van der Waals surface area contributed by atoms with Crippen molar-refractivity contribution in [2.24, 2.45) is 5.84 Å². The first-order valence-electron chi connectivity index (χ1n) is 3.77. The maximum Gasteiger partial charge on any atom is 0.387 e. The minimum absolute atomic E-state index is 0.0645. The molecule has 0 saturated heterocycles. The Morgan fingerprint density at radius 1 is 1.50 bits per heavy atom. The van der Waals surface area contributed by atoms with Crippen LogP contribution in [0.15, 0.2) is 18.2 Å². The van der Waals surface area contributed by atoms with Crippen LogP contribution in [0.1, 0.15) is 5.56 Å². The molecular formula is C8H9ClF2N2O. The molecule has 1 rings (SSSR count). The van der Waals surface area contributed by atoms with Gasteiger partial charge in [0.25, 0.3) is 0 Å². The smallest absolute Gasteiger partial charge is 0.387 e. The van der Waals surface area contributed by atoms with Gasteiger partial charge in [-0.3, -0.25) is 5.84 Å². The number of anilines is 1. The number of alkyl halides is 3. The number of hydrogen-bond donors (Lipinski definition) is 2. The molecule has 78 valence electrons. The minimum atomic E-state index is -2.84. The molecule has 1 aromatic carbocycles. The number of hydrogen-bond acceptors (Lipinski definition) is 3. The first kappa shape index (κ1) is 11.0. The molecule has 1 aromatic rings. The van der Waals surface area contributed by atoms with E-state index in [1.54, 1.807) is 0 Å². The number of nitrogens with two attached hydrogens (primary N) is 1. The van der Waals surface area contributed by atoms with E-state index in [4.69, 9.17) is 17.4 Å². The van der Waals surface area contributed by atoms with Gasteiger partial charge in [0.1, 0.15) is 5.75 Å². The third kappa shape index (κ3) is 2.71. The highest BCUT2D eigenvalue weighted by atomic mass is 35.5. The van der Waals surface area contributed by atoms with Crippen molar-refractivity contribution in [1.82, 2.24) is 0 Å². The van der Waals surface area contributed by atoms with Crippen LogP contribution >= 0.6 is 11.6 Å². The predicted molar refractivity (Wildman–Crippen MR) is 50.4 cm³/mol. The predicted octanol–water partition coefficient (Wildman–Crippen LogP) is 2.31. The second kappa shape index (κ2) is 4.97. The molecule has 3 N–H and O–H groups in total. The molecule has 14 heavy (non-hydrogen) atoms. The van der Waals surface area contributed by atoms with Crippen molar-refractivity contribution >= 4 is 17.3 Å². The fraction of sp³-hybridized carbons (Fsp3) is 0.250. The molecule has 0 bridgehead atoms. The molecule has 0 fully saturated rings. The third-order valence-electron chi connectivity index (χ3n) is 1.60. The maximum absolute atomic E-state index is 11.8. The molecule has 0 radical (unpaired) electrons. The summed E-state index contributed by atoms with van der Waals surface area (Å²) in [6.45, 7) is -2.84. The van der Waals surface area contributed by atoms with E-state index in [-0.39, 0.29) is 11.6 Å². The second-order valence-electron chi connectivity index (χ2n) is 2.48. The van der Waals surface area contributed by atoms with E-state index in [1.165, 1.54) is 18.2 Å². The van der Waals surface area contributed by atoms with Crippen molar-refractivity contribution in [3.63, 3.8) is 0 Å². The Bertz CT molecular complexity index is 309. The number of nitrogen functional groups attached to an aromatic ring is 1. The summed E-state index contributed by atoms with van der Waals surface area (Å²) < 4.78 is 27.9. The largest absolute Gasteiger partial charge is 0.435 e. The monoisotopic (exact) mass is 222 g/mol. The van der Waals surface area contributed by atoms with Crippen LogP contribution in [0, 0.1) is 0 Å². The van der Waals surface area contributed by atoms with E-state index in [0.29, 0.717) is 11.3 Å². The standard InChI is InChI=1S/C8H9ClF2N2O/c9-4-5-3-6(14-8(10)11)1-2-7(5)13-12/h1-3,8,13H,4,12H2. The van der Waals surface area contributed by atoms with E-state index in [2.05, 4.69) is 10.2 Å². The van der Waals surface area contributed by atoms with Crippen LogP contribution in [-0.2, 0) is 5.88 Å². The lowest BCUT2D eigenvalue weighted by Crippen LogP contribution is -2.09. The number of nitrogens with one attached hydrogen (secondary N) is 1. The van der Waals surface area contributed by atoms with E-state index in [0.717, 1.165) is 0 Å².